The number of nitrogens with zero attached hydrogens (tertiary/aromatic N) is 3. The molecule has 1 aromatic rings. The second-order valence-corrected chi connectivity index (χ2v) is 4.96. The average Bonchev–Trinajstić information content (AvgIpc) is 2.39. The summed E-state index contributed by atoms with van der Waals surface area (Å²) < 4.78 is 0. The SMILES string of the molecule is CCNC(=O)c1ccc(N2CCC(N)CC2C)nn1. The first-order valence-electron chi connectivity index (χ1n) is 6.76. The van der Waals surface area contributed by atoms with Gasteiger partial charge in [-0.05, 0) is 38.8 Å². The normalized spacial score (nSPS) is 23.2. The molecule has 0 aliphatic carbocycles. The van der Waals surface area contributed by atoms with Gasteiger partial charge in [-0.15, -0.1) is 10.2 Å². The highest BCUT2D eigenvalue weighted by Crippen LogP contribution is 2.21. The summed E-state index contributed by atoms with van der Waals surface area (Å²) in [4.78, 5) is 13.8. The summed E-state index contributed by atoms with van der Waals surface area (Å²) in [7, 11) is 0. The highest BCUT2D eigenvalue weighted by molar-refractivity contribution is 5.92. The lowest BCUT2D eigenvalue weighted by atomic mass is 9.99. The van der Waals surface area contributed by atoms with Crippen LogP contribution in [0.1, 0.15) is 37.2 Å². The van der Waals surface area contributed by atoms with Crippen molar-refractivity contribution in [2.75, 3.05) is 18.0 Å². The Hall–Kier alpha value is -1.69. The molecule has 104 valence electrons. The standard InChI is InChI=1S/C13H21N5O/c1-3-15-13(19)11-4-5-12(17-16-11)18-7-6-10(14)8-9(18)2/h4-5,9-10H,3,6-8,14H2,1-2H3,(H,15,19). The first-order valence-corrected chi connectivity index (χ1v) is 6.76. The van der Waals surface area contributed by atoms with Crippen LogP contribution in [-0.2, 0) is 0 Å². The maximum Gasteiger partial charge on any atom is 0.271 e. The van der Waals surface area contributed by atoms with Crippen LogP contribution in [0.15, 0.2) is 12.1 Å². The number of nitrogens with one attached hydrogen (secondary N) is 1. The van der Waals surface area contributed by atoms with Crippen LogP contribution in [0.3, 0.4) is 0 Å². The van der Waals surface area contributed by atoms with Crippen molar-refractivity contribution in [2.24, 2.45) is 5.73 Å². The number of carbonyl (C=O) groups is 1. The number of rotatable bonds is 3. The van der Waals surface area contributed by atoms with Crippen LogP contribution in [0, 0.1) is 0 Å². The van der Waals surface area contributed by atoms with Gasteiger partial charge in [0.25, 0.3) is 5.91 Å². The Labute approximate surface area is 113 Å². The molecule has 6 heteroatoms. The third kappa shape index (κ3) is 3.20. The molecular weight excluding hydrogens is 242 g/mol. The Morgan fingerprint density at radius 1 is 1.53 bits per heavy atom. The Morgan fingerprint density at radius 2 is 2.32 bits per heavy atom. The lowest BCUT2D eigenvalue weighted by Gasteiger charge is -2.36. The minimum absolute atomic E-state index is 0.185. The Morgan fingerprint density at radius 3 is 2.89 bits per heavy atom. The van der Waals surface area contributed by atoms with E-state index in [1.165, 1.54) is 0 Å². The topological polar surface area (TPSA) is 84.1 Å². The van der Waals surface area contributed by atoms with Crippen molar-refractivity contribution in [2.45, 2.75) is 38.8 Å². The molecule has 2 unspecified atom stereocenters. The average molecular weight is 263 g/mol. The van der Waals surface area contributed by atoms with Crippen LogP contribution in [0.2, 0.25) is 0 Å². The maximum absolute atomic E-state index is 11.6. The fraction of sp³-hybridized carbons (Fsp3) is 0.615. The summed E-state index contributed by atoms with van der Waals surface area (Å²) in [6.07, 6.45) is 1.92. The predicted molar refractivity (Wildman–Crippen MR) is 74.1 cm³/mol. The largest absolute Gasteiger partial charge is 0.352 e. The molecule has 2 atom stereocenters. The fourth-order valence-electron chi connectivity index (χ4n) is 2.40. The minimum Gasteiger partial charge on any atom is -0.352 e. The quantitative estimate of drug-likeness (QED) is 0.831. The monoisotopic (exact) mass is 263 g/mol. The summed E-state index contributed by atoms with van der Waals surface area (Å²) in [5.41, 5.74) is 6.30. The number of carbonyl (C=O) groups excluding carboxylic acids is 1. The molecule has 1 amide bonds. The Balaban J connectivity index is 2.08. The lowest BCUT2D eigenvalue weighted by molar-refractivity contribution is 0.0950. The van der Waals surface area contributed by atoms with Gasteiger partial charge in [0.05, 0.1) is 0 Å². The molecule has 1 fully saturated rings. The van der Waals surface area contributed by atoms with E-state index in [9.17, 15) is 4.79 Å². The van der Waals surface area contributed by atoms with Crippen molar-refractivity contribution in [1.29, 1.82) is 0 Å². The third-order valence-electron chi connectivity index (χ3n) is 3.43. The van der Waals surface area contributed by atoms with Gasteiger partial charge in [-0.2, -0.15) is 0 Å². The van der Waals surface area contributed by atoms with E-state index in [-0.39, 0.29) is 11.9 Å². The van der Waals surface area contributed by atoms with Gasteiger partial charge in [0.1, 0.15) is 0 Å². The molecule has 0 radical (unpaired) electrons. The van der Waals surface area contributed by atoms with E-state index in [0.29, 0.717) is 18.3 Å². The summed E-state index contributed by atoms with van der Waals surface area (Å²) in [5, 5.41) is 10.9. The van der Waals surface area contributed by atoms with E-state index in [4.69, 9.17) is 5.73 Å². The van der Waals surface area contributed by atoms with E-state index >= 15 is 0 Å². The summed E-state index contributed by atoms with van der Waals surface area (Å²) >= 11 is 0. The highest BCUT2D eigenvalue weighted by Gasteiger charge is 2.24. The summed E-state index contributed by atoms with van der Waals surface area (Å²) in [5.74, 6) is 0.628. The first-order chi connectivity index (χ1) is 9.11. The van der Waals surface area contributed by atoms with Crippen LogP contribution in [0.5, 0.6) is 0 Å². The fourth-order valence-corrected chi connectivity index (χ4v) is 2.40. The molecule has 1 aliphatic rings. The van der Waals surface area contributed by atoms with Crippen LogP contribution >= 0.6 is 0 Å². The summed E-state index contributed by atoms with van der Waals surface area (Å²) in [6.45, 7) is 5.48. The zero-order valence-electron chi connectivity index (χ0n) is 11.5. The third-order valence-corrected chi connectivity index (χ3v) is 3.43. The first kappa shape index (κ1) is 13.7. The van der Waals surface area contributed by atoms with Gasteiger partial charge < -0.3 is 16.0 Å². The van der Waals surface area contributed by atoms with Crippen LogP contribution < -0.4 is 16.0 Å². The van der Waals surface area contributed by atoms with E-state index in [1.807, 2.05) is 13.0 Å². The number of amides is 1. The lowest BCUT2D eigenvalue weighted by Crippen LogP contribution is -2.46. The second-order valence-electron chi connectivity index (χ2n) is 4.96. The highest BCUT2D eigenvalue weighted by atomic mass is 16.1. The van der Waals surface area contributed by atoms with Crippen LogP contribution in [0.25, 0.3) is 0 Å². The number of hydrogen-bond donors (Lipinski definition) is 2. The molecule has 0 saturated carbocycles. The smallest absolute Gasteiger partial charge is 0.271 e. The predicted octanol–water partition coefficient (Wildman–Crippen LogP) is 0.542. The Bertz CT molecular complexity index is 433. The number of hydrogen-bond acceptors (Lipinski definition) is 5. The number of nitrogens with two attached hydrogens (primary N) is 1. The van der Waals surface area contributed by atoms with Gasteiger partial charge in [0, 0.05) is 25.2 Å². The van der Waals surface area contributed by atoms with Gasteiger partial charge in [0.15, 0.2) is 11.5 Å². The number of anilines is 1. The molecule has 1 aliphatic heterocycles. The molecule has 1 saturated heterocycles. The van der Waals surface area contributed by atoms with E-state index in [0.717, 1.165) is 25.2 Å². The summed E-state index contributed by atoms with van der Waals surface area (Å²) in [6, 6.07) is 4.20. The van der Waals surface area contributed by atoms with Crippen molar-refractivity contribution in [3.63, 3.8) is 0 Å². The van der Waals surface area contributed by atoms with E-state index < -0.39 is 0 Å². The van der Waals surface area contributed by atoms with Gasteiger partial charge >= 0.3 is 0 Å². The molecule has 2 heterocycles. The second kappa shape index (κ2) is 5.97. The van der Waals surface area contributed by atoms with Gasteiger partial charge in [-0.1, -0.05) is 0 Å². The van der Waals surface area contributed by atoms with E-state index in [2.05, 4.69) is 27.3 Å². The van der Waals surface area contributed by atoms with Crippen LogP contribution in [0.4, 0.5) is 5.82 Å². The molecule has 6 nitrogen and oxygen atoms in total. The molecule has 0 bridgehead atoms. The van der Waals surface area contributed by atoms with Crippen molar-refractivity contribution < 1.29 is 4.79 Å². The molecular formula is C13H21N5O. The molecule has 3 N–H and O–H groups in total. The number of piperidine rings is 1. The van der Waals surface area contributed by atoms with Crippen molar-refractivity contribution >= 4 is 11.7 Å². The zero-order chi connectivity index (χ0) is 13.8. The molecule has 2 rings (SSSR count). The van der Waals surface area contributed by atoms with Crippen molar-refractivity contribution in [3.05, 3.63) is 17.8 Å². The molecule has 1 aromatic heterocycles. The minimum atomic E-state index is -0.185. The van der Waals surface area contributed by atoms with Crippen molar-refractivity contribution in [3.8, 4) is 0 Å². The molecule has 0 spiro atoms. The van der Waals surface area contributed by atoms with Crippen LogP contribution in [-0.4, -0.2) is 41.3 Å². The zero-order valence-corrected chi connectivity index (χ0v) is 11.5. The van der Waals surface area contributed by atoms with Gasteiger partial charge in [-0.25, -0.2) is 0 Å². The Kier molecular flexibility index (Phi) is 4.31. The van der Waals surface area contributed by atoms with Gasteiger partial charge in [-0.3, -0.25) is 4.79 Å². The molecule has 19 heavy (non-hydrogen) atoms. The van der Waals surface area contributed by atoms with E-state index in [1.54, 1.807) is 6.07 Å². The maximum atomic E-state index is 11.6. The van der Waals surface area contributed by atoms with Crippen molar-refractivity contribution in [1.82, 2.24) is 15.5 Å². The molecule has 0 aromatic carbocycles. The number of aromatic nitrogens is 2. The van der Waals surface area contributed by atoms with Gasteiger partial charge in [0.2, 0.25) is 0 Å².